The SMILES string of the molecule is COc1cc(CC=O)c(N)cc1OCCCN1CCOCC1. The lowest BCUT2D eigenvalue weighted by Gasteiger charge is -2.26. The van der Waals surface area contributed by atoms with Crippen molar-refractivity contribution in [2.75, 3.05) is 52.3 Å². The molecule has 22 heavy (non-hydrogen) atoms. The lowest BCUT2D eigenvalue weighted by Crippen LogP contribution is -2.37. The largest absolute Gasteiger partial charge is 0.493 e. The van der Waals surface area contributed by atoms with Crippen LogP contribution in [0.25, 0.3) is 0 Å². The second-order valence-electron chi connectivity index (χ2n) is 5.23. The minimum absolute atomic E-state index is 0.277. The number of anilines is 1. The third-order valence-corrected chi connectivity index (χ3v) is 3.71. The van der Waals surface area contributed by atoms with Crippen molar-refractivity contribution in [3.8, 4) is 11.5 Å². The Labute approximate surface area is 131 Å². The van der Waals surface area contributed by atoms with Gasteiger partial charge in [-0.3, -0.25) is 4.90 Å². The third-order valence-electron chi connectivity index (χ3n) is 3.71. The number of methoxy groups -OCH3 is 1. The number of benzene rings is 1. The van der Waals surface area contributed by atoms with Crippen LogP contribution in [0.1, 0.15) is 12.0 Å². The molecule has 1 aliphatic rings. The molecule has 122 valence electrons. The molecule has 0 saturated carbocycles. The molecule has 2 rings (SSSR count). The van der Waals surface area contributed by atoms with Crippen LogP contribution in [-0.2, 0) is 16.0 Å². The second-order valence-corrected chi connectivity index (χ2v) is 5.23. The standard InChI is InChI=1S/C16H24N2O4/c1-20-15-11-13(3-7-19)14(17)12-16(15)22-8-2-4-18-5-9-21-10-6-18/h7,11-12H,2-6,8-10,17H2,1H3. The molecule has 0 atom stereocenters. The first-order valence-corrected chi connectivity index (χ1v) is 7.57. The van der Waals surface area contributed by atoms with E-state index in [4.69, 9.17) is 19.9 Å². The monoisotopic (exact) mass is 308 g/mol. The Balaban J connectivity index is 1.85. The van der Waals surface area contributed by atoms with E-state index in [1.807, 2.05) is 0 Å². The van der Waals surface area contributed by atoms with Gasteiger partial charge in [0.15, 0.2) is 11.5 Å². The lowest BCUT2D eigenvalue weighted by molar-refractivity contribution is -0.107. The van der Waals surface area contributed by atoms with E-state index >= 15 is 0 Å². The van der Waals surface area contributed by atoms with E-state index in [1.165, 1.54) is 0 Å². The zero-order valence-corrected chi connectivity index (χ0v) is 13.0. The number of carbonyl (C=O) groups is 1. The number of hydrogen-bond donors (Lipinski definition) is 1. The van der Waals surface area contributed by atoms with Crippen LogP contribution < -0.4 is 15.2 Å². The lowest BCUT2D eigenvalue weighted by atomic mass is 10.1. The Morgan fingerprint density at radius 2 is 2.09 bits per heavy atom. The van der Waals surface area contributed by atoms with Crippen LogP contribution >= 0.6 is 0 Å². The summed E-state index contributed by atoms with van der Waals surface area (Å²) >= 11 is 0. The van der Waals surface area contributed by atoms with E-state index in [2.05, 4.69) is 4.90 Å². The number of carbonyl (C=O) groups excluding carboxylic acids is 1. The predicted octanol–water partition coefficient (Wildman–Crippen LogP) is 1.12. The summed E-state index contributed by atoms with van der Waals surface area (Å²) < 4.78 is 16.4. The zero-order chi connectivity index (χ0) is 15.8. The van der Waals surface area contributed by atoms with E-state index < -0.39 is 0 Å². The summed E-state index contributed by atoms with van der Waals surface area (Å²) in [6.45, 7) is 5.17. The molecule has 1 heterocycles. The summed E-state index contributed by atoms with van der Waals surface area (Å²) in [5, 5.41) is 0. The van der Waals surface area contributed by atoms with Crippen molar-refractivity contribution < 1.29 is 19.0 Å². The van der Waals surface area contributed by atoms with Crippen LogP contribution in [0, 0.1) is 0 Å². The van der Waals surface area contributed by atoms with Gasteiger partial charge in [-0.05, 0) is 18.1 Å². The fourth-order valence-corrected chi connectivity index (χ4v) is 2.45. The van der Waals surface area contributed by atoms with Gasteiger partial charge in [0, 0.05) is 37.8 Å². The normalized spacial score (nSPS) is 15.5. The van der Waals surface area contributed by atoms with Crippen LogP contribution in [0.15, 0.2) is 12.1 Å². The fourth-order valence-electron chi connectivity index (χ4n) is 2.45. The fraction of sp³-hybridized carbons (Fsp3) is 0.562. The molecule has 6 nitrogen and oxygen atoms in total. The summed E-state index contributed by atoms with van der Waals surface area (Å²) in [6.07, 6.45) is 2.03. The van der Waals surface area contributed by atoms with Crippen molar-refractivity contribution in [3.05, 3.63) is 17.7 Å². The van der Waals surface area contributed by atoms with Gasteiger partial charge in [-0.2, -0.15) is 0 Å². The van der Waals surface area contributed by atoms with E-state index in [9.17, 15) is 4.79 Å². The topological polar surface area (TPSA) is 74.0 Å². The quantitative estimate of drug-likeness (QED) is 0.441. The van der Waals surface area contributed by atoms with Crippen LogP contribution in [-0.4, -0.2) is 57.8 Å². The molecule has 2 N–H and O–H groups in total. The first-order valence-electron chi connectivity index (χ1n) is 7.57. The van der Waals surface area contributed by atoms with Crippen LogP contribution in [0.3, 0.4) is 0 Å². The number of morpholine rings is 1. The van der Waals surface area contributed by atoms with Gasteiger partial charge in [0.25, 0.3) is 0 Å². The molecule has 0 aromatic heterocycles. The van der Waals surface area contributed by atoms with E-state index in [0.717, 1.165) is 51.1 Å². The summed E-state index contributed by atoms with van der Waals surface area (Å²) in [6, 6.07) is 3.49. The van der Waals surface area contributed by atoms with Gasteiger partial charge in [0.1, 0.15) is 6.29 Å². The summed E-state index contributed by atoms with van der Waals surface area (Å²) in [5.41, 5.74) is 7.24. The smallest absolute Gasteiger partial charge is 0.163 e. The van der Waals surface area contributed by atoms with Gasteiger partial charge in [-0.15, -0.1) is 0 Å². The maximum absolute atomic E-state index is 10.6. The number of nitrogen functional groups attached to an aromatic ring is 1. The second kappa shape index (κ2) is 8.60. The molecule has 1 fully saturated rings. The van der Waals surface area contributed by atoms with Gasteiger partial charge < -0.3 is 24.7 Å². The highest BCUT2D eigenvalue weighted by Crippen LogP contribution is 2.32. The minimum atomic E-state index is 0.277. The number of hydrogen-bond acceptors (Lipinski definition) is 6. The zero-order valence-electron chi connectivity index (χ0n) is 13.0. The Kier molecular flexibility index (Phi) is 6.48. The van der Waals surface area contributed by atoms with Crippen LogP contribution in [0.4, 0.5) is 5.69 Å². The van der Waals surface area contributed by atoms with Crippen molar-refractivity contribution in [3.63, 3.8) is 0 Å². The highest BCUT2D eigenvalue weighted by atomic mass is 16.5. The molecule has 0 unspecified atom stereocenters. The van der Waals surface area contributed by atoms with E-state index in [1.54, 1.807) is 19.2 Å². The molecule has 1 saturated heterocycles. The average Bonchev–Trinajstić information content (AvgIpc) is 2.55. The highest BCUT2D eigenvalue weighted by molar-refractivity contribution is 5.65. The Morgan fingerprint density at radius 3 is 2.77 bits per heavy atom. The van der Waals surface area contributed by atoms with Crippen LogP contribution in [0.5, 0.6) is 11.5 Å². The van der Waals surface area contributed by atoms with Crippen molar-refractivity contribution >= 4 is 12.0 Å². The molecule has 0 amide bonds. The van der Waals surface area contributed by atoms with Gasteiger partial charge in [-0.1, -0.05) is 0 Å². The minimum Gasteiger partial charge on any atom is -0.493 e. The Morgan fingerprint density at radius 1 is 1.32 bits per heavy atom. The van der Waals surface area contributed by atoms with Gasteiger partial charge in [0.05, 0.1) is 26.9 Å². The van der Waals surface area contributed by atoms with Crippen molar-refractivity contribution in [1.82, 2.24) is 4.90 Å². The molecule has 0 spiro atoms. The van der Waals surface area contributed by atoms with Gasteiger partial charge in [0.2, 0.25) is 0 Å². The summed E-state index contributed by atoms with van der Waals surface area (Å²) in [7, 11) is 1.58. The number of aldehydes is 1. The number of nitrogens with zero attached hydrogens (tertiary/aromatic N) is 1. The molecule has 0 radical (unpaired) electrons. The molecule has 1 aromatic rings. The van der Waals surface area contributed by atoms with Crippen molar-refractivity contribution in [1.29, 1.82) is 0 Å². The maximum Gasteiger partial charge on any atom is 0.163 e. The number of rotatable bonds is 8. The number of nitrogens with two attached hydrogens (primary N) is 1. The van der Waals surface area contributed by atoms with Crippen molar-refractivity contribution in [2.45, 2.75) is 12.8 Å². The maximum atomic E-state index is 10.6. The Hall–Kier alpha value is -1.79. The third kappa shape index (κ3) is 4.61. The summed E-state index contributed by atoms with van der Waals surface area (Å²) in [5.74, 6) is 1.23. The first kappa shape index (κ1) is 16.6. The molecule has 0 bridgehead atoms. The number of ether oxygens (including phenoxy) is 3. The molecule has 1 aromatic carbocycles. The predicted molar refractivity (Wildman–Crippen MR) is 84.5 cm³/mol. The van der Waals surface area contributed by atoms with E-state index in [-0.39, 0.29) is 6.42 Å². The van der Waals surface area contributed by atoms with Gasteiger partial charge >= 0.3 is 0 Å². The van der Waals surface area contributed by atoms with Crippen molar-refractivity contribution in [2.24, 2.45) is 0 Å². The van der Waals surface area contributed by atoms with E-state index in [0.29, 0.717) is 23.8 Å². The summed E-state index contributed by atoms with van der Waals surface area (Å²) in [4.78, 5) is 13.0. The van der Waals surface area contributed by atoms with Gasteiger partial charge in [-0.25, -0.2) is 0 Å². The molecule has 0 aliphatic carbocycles. The molecule has 1 aliphatic heterocycles. The molecular formula is C16H24N2O4. The molecule has 6 heteroatoms. The highest BCUT2D eigenvalue weighted by Gasteiger charge is 2.12. The average molecular weight is 308 g/mol. The molecular weight excluding hydrogens is 284 g/mol. The van der Waals surface area contributed by atoms with Crippen LogP contribution in [0.2, 0.25) is 0 Å². The Bertz CT molecular complexity index is 487. The first-order chi connectivity index (χ1) is 10.7.